The summed E-state index contributed by atoms with van der Waals surface area (Å²) in [5.41, 5.74) is -0.225. The van der Waals surface area contributed by atoms with Gasteiger partial charge >= 0.3 is 5.69 Å². The summed E-state index contributed by atoms with van der Waals surface area (Å²) in [4.78, 5) is 43.6. The van der Waals surface area contributed by atoms with Crippen molar-refractivity contribution in [2.24, 2.45) is 20.0 Å². The van der Waals surface area contributed by atoms with E-state index in [0.29, 0.717) is 56.3 Å². The van der Waals surface area contributed by atoms with Crippen molar-refractivity contribution in [2.75, 3.05) is 26.8 Å². The van der Waals surface area contributed by atoms with E-state index in [1.54, 1.807) is 18.7 Å². The van der Waals surface area contributed by atoms with Crippen LogP contribution in [0.15, 0.2) is 9.59 Å². The van der Waals surface area contributed by atoms with E-state index in [-0.39, 0.29) is 17.9 Å². The number of piperidine rings is 1. The maximum absolute atomic E-state index is 12.7. The Balaban J connectivity index is 1.60. The van der Waals surface area contributed by atoms with Crippen LogP contribution in [-0.4, -0.2) is 62.4 Å². The number of rotatable bonds is 6. The molecule has 2 aliphatic rings. The van der Waals surface area contributed by atoms with E-state index in [4.69, 9.17) is 9.47 Å². The van der Waals surface area contributed by atoms with Gasteiger partial charge in [-0.2, -0.15) is 4.98 Å². The van der Waals surface area contributed by atoms with Crippen LogP contribution in [0.4, 0.5) is 0 Å². The molecule has 10 nitrogen and oxygen atoms in total. The lowest BCUT2D eigenvalue weighted by molar-refractivity contribution is -0.134. The number of carbonyl (C=O) groups is 1. The number of likely N-dealkylation sites (tertiary alicyclic amines) is 1. The Kier molecular flexibility index (Phi) is 5.20. The second-order valence-electron chi connectivity index (χ2n) is 7.83. The lowest BCUT2D eigenvalue weighted by atomic mass is 10.1. The molecule has 0 bridgehead atoms. The molecule has 2 fully saturated rings. The number of nitrogens with zero attached hydrogens (tertiary/aromatic N) is 5. The molecular formula is C19H27N5O5. The smallest absolute Gasteiger partial charge is 0.332 e. The Morgan fingerprint density at radius 2 is 1.79 bits per heavy atom. The molecule has 4 rings (SSSR count). The maximum Gasteiger partial charge on any atom is 0.332 e. The predicted molar refractivity (Wildman–Crippen MR) is 105 cm³/mol. The van der Waals surface area contributed by atoms with Crippen LogP contribution in [0.3, 0.4) is 0 Å². The first kappa shape index (κ1) is 19.7. The minimum atomic E-state index is -0.433. The normalized spacial score (nSPS) is 17.8. The lowest BCUT2D eigenvalue weighted by Crippen LogP contribution is -2.42. The highest BCUT2D eigenvalue weighted by atomic mass is 16.5. The van der Waals surface area contributed by atoms with Crippen molar-refractivity contribution in [3.8, 4) is 6.01 Å². The van der Waals surface area contributed by atoms with Gasteiger partial charge in [-0.3, -0.25) is 23.3 Å². The molecule has 0 atom stereocenters. The molecule has 3 heterocycles. The first-order chi connectivity index (χ1) is 13.9. The number of methoxy groups -OCH3 is 1. The minimum absolute atomic E-state index is 0.0998. The van der Waals surface area contributed by atoms with Gasteiger partial charge in [-0.1, -0.05) is 0 Å². The number of ether oxygens (including phenoxy) is 2. The van der Waals surface area contributed by atoms with E-state index in [1.165, 1.54) is 11.6 Å². The second-order valence-corrected chi connectivity index (χ2v) is 7.83. The highest BCUT2D eigenvalue weighted by molar-refractivity contribution is 5.81. The number of hydrogen-bond donors (Lipinski definition) is 0. The van der Waals surface area contributed by atoms with Gasteiger partial charge in [0, 0.05) is 53.1 Å². The van der Waals surface area contributed by atoms with Crippen LogP contribution >= 0.6 is 0 Å². The number of aromatic nitrogens is 4. The molecule has 1 saturated heterocycles. The fraction of sp³-hybridized carbons (Fsp3) is 0.684. The topological polar surface area (TPSA) is 101 Å². The summed E-state index contributed by atoms with van der Waals surface area (Å²) in [6.45, 7) is 2.09. The fourth-order valence-corrected chi connectivity index (χ4v) is 3.84. The van der Waals surface area contributed by atoms with Crippen LogP contribution < -0.4 is 16.0 Å². The summed E-state index contributed by atoms with van der Waals surface area (Å²) >= 11 is 0. The third-order valence-corrected chi connectivity index (χ3v) is 5.78. The van der Waals surface area contributed by atoms with Crippen LogP contribution in [0.5, 0.6) is 6.01 Å². The van der Waals surface area contributed by atoms with E-state index in [9.17, 15) is 14.4 Å². The standard InChI is InChI=1S/C19H27N5O5/c1-21-15-14(17(26)22(2)19(21)27)24(10-11-28-3)18(20-15)29-13-6-8-23(9-7-13)16(25)12-4-5-12/h12-13H,4-11H2,1-3H3. The van der Waals surface area contributed by atoms with Crippen molar-refractivity contribution in [3.05, 3.63) is 20.8 Å². The van der Waals surface area contributed by atoms with Crippen molar-refractivity contribution in [1.82, 2.24) is 23.6 Å². The summed E-state index contributed by atoms with van der Waals surface area (Å²) in [5.74, 6) is 0.484. The van der Waals surface area contributed by atoms with Gasteiger partial charge in [-0.05, 0) is 12.8 Å². The first-order valence-electron chi connectivity index (χ1n) is 10.0. The quantitative estimate of drug-likeness (QED) is 0.663. The molecule has 1 amide bonds. The van der Waals surface area contributed by atoms with Crippen molar-refractivity contribution in [2.45, 2.75) is 38.3 Å². The predicted octanol–water partition coefficient (Wildman–Crippen LogP) is -0.140. The van der Waals surface area contributed by atoms with Crippen LogP contribution in [0.25, 0.3) is 11.2 Å². The minimum Gasteiger partial charge on any atom is -0.461 e. The zero-order valence-electron chi connectivity index (χ0n) is 17.1. The third kappa shape index (κ3) is 3.57. The number of imidazole rings is 1. The Bertz CT molecular complexity index is 1040. The number of amides is 1. The van der Waals surface area contributed by atoms with Gasteiger partial charge in [0.1, 0.15) is 6.10 Å². The van der Waals surface area contributed by atoms with Crippen molar-refractivity contribution in [1.29, 1.82) is 0 Å². The van der Waals surface area contributed by atoms with Gasteiger partial charge in [0.2, 0.25) is 5.91 Å². The fourth-order valence-electron chi connectivity index (χ4n) is 3.84. The monoisotopic (exact) mass is 405 g/mol. The highest BCUT2D eigenvalue weighted by Crippen LogP contribution is 2.32. The summed E-state index contributed by atoms with van der Waals surface area (Å²) in [5, 5.41) is 0. The molecule has 2 aromatic rings. The zero-order chi connectivity index (χ0) is 20.7. The van der Waals surface area contributed by atoms with E-state index in [0.717, 1.165) is 17.4 Å². The van der Waals surface area contributed by atoms with Crippen LogP contribution in [0, 0.1) is 5.92 Å². The summed E-state index contributed by atoms with van der Waals surface area (Å²) in [6.07, 6.45) is 3.34. The van der Waals surface area contributed by atoms with Crippen molar-refractivity contribution >= 4 is 17.1 Å². The van der Waals surface area contributed by atoms with Crippen molar-refractivity contribution < 1.29 is 14.3 Å². The molecule has 0 unspecified atom stereocenters. The van der Waals surface area contributed by atoms with Crippen LogP contribution in [-0.2, 0) is 30.2 Å². The molecule has 0 radical (unpaired) electrons. The Labute approximate surface area is 167 Å². The molecule has 1 saturated carbocycles. The van der Waals surface area contributed by atoms with Gasteiger partial charge in [0.05, 0.1) is 13.2 Å². The average Bonchev–Trinajstić information content (AvgIpc) is 3.52. The van der Waals surface area contributed by atoms with Gasteiger partial charge in [0.25, 0.3) is 11.6 Å². The van der Waals surface area contributed by atoms with E-state index >= 15 is 0 Å². The molecule has 0 spiro atoms. The van der Waals surface area contributed by atoms with Crippen molar-refractivity contribution in [3.63, 3.8) is 0 Å². The summed E-state index contributed by atoms with van der Waals surface area (Å²) in [6, 6.07) is 0.308. The Morgan fingerprint density at radius 1 is 1.10 bits per heavy atom. The number of aryl methyl sites for hydroxylation is 1. The third-order valence-electron chi connectivity index (χ3n) is 5.78. The van der Waals surface area contributed by atoms with Crippen LogP contribution in [0.2, 0.25) is 0 Å². The average molecular weight is 405 g/mol. The summed E-state index contributed by atoms with van der Waals surface area (Å²) < 4.78 is 15.4. The molecule has 0 N–H and O–H groups in total. The second kappa shape index (κ2) is 7.66. The lowest BCUT2D eigenvalue weighted by Gasteiger charge is -2.32. The van der Waals surface area contributed by atoms with Gasteiger partial charge in [-0.25, -0.2) is 4.79 Å². The van der Waals surface area contributed by atoms with Gasteiger partial charge in [-0.15, -0.1) is 0 Å². The molecule has 0 aromatic carbocycles. The van der Waals surface area contributed by atoms with E-state index < -0.39 is 11.2 Å². The molecule has 10 heteroatoms. The molecule has 158 valence electrons. The SMILES string of the molecule is COCCn1c(OC2CCN(C(=O)C3CC3)CC2)nc2c1c(=O)n(C)c(=O)n2C. The van der Waals surface area contributed by atoms with Gasteiger partial charge < -0.3 is 14.4 Å². The Hall–Kier alpha value is -2.62. The number of carbonyl (C=O) groups excluding carboxylic acids is 1. The first-order valence-corrected chi connectivity index (χ1v) is 10.0. The summed E-state index contributed by atoms with van der Waals surface area (Å²) in [7, 11) is 4.62. The molecular weight excluding hydrogens is 378 g/mol. The largest absolute Gasteiger partial charge is 0.461 e. The zero-order valence-corrected chi connectivity index (χ0v) is 17.1. The van der Waals surface area contributed by atoms with Gasteiger partial charge in [0.15, 0.2) is 11.2 Å². The number of fused-ring (bicyclic) bond motifs is 1. The van der Waals surface area contributed by atoms with Crippen LogP contribution in [0.1, 0.15) is 25.7 Å². The Morgan fingerprint density at radius 3 is 2.41 bits per heavy atom. The van der Waals surface area contributed by atoms with E-state index in [1.807, 2.05) is 4.90 Å². The highest BCUT2D eigenvalue weighted by Gasteiger charge is 2.35. The maximum atomic E-state index is 12.7. The molecule has 1 aliphatic carbocycles. The number of hydrogen-bond acceptors (Lipinski definition) is 6. The van der Waals surface area contributed by atoms with E-state index in [2.05, 4.69) is 4.98 Å². The molecule has 29 heavy (non-hydrogen) atoms. The molecule has 1 aliphatic heterocycles. The molecule has 2 aromatic heterocycles.